The number of hydrogen-bond donors (Lipinski definition) is 2. The maximum Gasteiger partial charge on any atom is 0.335 e. The average molecular weight is 231 g/mol. The van der Waals surface area contributed by atoms with Gasteiger partial charge >= 0.3 is 5.97 Å². The van der Waals surface area contributed by atoms with Gasteiger partial charge in [0.15, 0.2) is 0 Å². The molecule has 3 rings (SSSR count). The molecule has 3 heteroatoms. The minimum atomic E-state index is -0.874. The monoisotopic (exact) mass is 231 g/mol. The minimum Gasteiger partial charge on any atom is -0.478 e. The number of anilines is 1. The largest absolute Gasteiger partial charge is 0.478 e. The van der Waals surface area contributed by atoms with Crippen molar-refractivity contribution in [3.05, 3.63) is 29.3 Å². The third kappa shape index (κ3) is 1.70. The summed E-state index contributed by atoms with van der Waals surface area (Å²) in [6.07, 6.45) is 3.79. The highest BCUT2D eigenvalue weighted by Gasteiger charge is 2.56. The van der Waals surface area contributed by atoms with Crippen LogP contribution in [0.4, 0.5) is 5.69 Å². The molecular weight excluding hydrogens is 214 g/mol. The highest BCUT2D eigenvalue weighted by atomic mass is 16.4. The van der Waals surface area contributed by atoms with E-state index in [-0.39, 0.29) is 0 Å². The van der Waals surface area contributed by atoms with E-state index in [0.717, 1.165) is 11.3 Å². The molecule has 17 heavy (non-hydrogen) atoms. The van der Waals surface area contributed by atoms with Gasteiger partial charge < -0.3 is 10.8 Å². The van der Waals surface area contributed by atoms with Gasteiger partial charge in [-0.3, -0.25) is 0 Å². The predicted octanol–water partition coefficient (Wildman–Crippen LogP) is 2.87. The smallest absolute Gasteiger partial charge is 0.335 e. The normalized spacial score (nSPS) is 28.8. The van der Waals surface area contributed by atoms with E-state index in [0.29, 0.717) is 22.8 Å². The average Bonchev–Trinajstić information content (AvgIpc) is 3.14. The van der Waals surface area contributed by atoms with Gasteiger partial charge in [0.05, 0.1) is 5.56 Å². The van der Waals surface area contributed by atoms with Crippen LogP contribution in [-0.2, 0) is 0 Å². The first kappa shape index (κ1) is 10.6. The summed E-state index contributed by atoms with van der Waals surface area (Å²) in [6, 6.07) is 5.06. The van der Waals surface area contributed by atoms with E-state index in [1.54, 1.807) is 18.2 Å². The van der Waals surface area contributed by atoms with Crippen LogP contribution in [-0.4, -0.2) is 11.1 Å². The van der Waals surface area contributed by atoms with E-state index >= 15 is 0 Å². The van der Waals surface area contributed by atoms with E-state index in [1.807, 2.05) is 0 Å². The van der Waals surface area contributed by atoms with Crippen molar-refractivity contribution in [1.29, 1.82) is 0 Å². The first-order valence-corrected chi connectivity index (χ1v) is 6.14. The highest BCUT2D eigenvalue weighted by molar-refractivity contribution is 5.88. The molecule has 2 fully saturated rings. The van der Waals surface area contributed by atoms with Crippen LogP contribution in [0.3, 0.4) is 0 Å². The van der Waals surface area contributed by atoms with Crippen molar-refractivity contribution in [3.63, 3.8) is 0 Å². The molecule has 3 nitrogen and oxygen atoms in total. The molecule has 0 bridgehead atoms. The Bertz CT molecular complexity index is 491. The van der Waals surface area contributed by atoms with Crippen LogP contribution in [0.1, 0.15) is 48.0 Å². The second-order valence-electron chi connectivity index (χ2n) is 5.75. The zero-order valence-electron chi connectivity index (χ0n) is 9.94. The molecule has 90 valence electrons. The lowest BCUT2D eigenvalue weighted by Gasteiger charge is -2.10. The number of nitrogens with two attached hydrogens (primary N) is 1. The summed E-state index contributed by atoms with van der Waals surface area (Å²) < 4.78 is 0. The fraction of sp³-hybridized carbons (Fsp3) is 0.500. The summed E-state index contributed by atoms with van der Waals surface area (Å²) in [5.74, 6) is 0.330. The zero-order valence-corrected chi connectivity index (χ0v) is 9.94. The van der Waals surface area contributed by atoms with E-state index in [9.17, 15) is 4.79 Å². The predicted molar refractivity (Wildman–Crippen MR) is 66.0 cm³/mol. The first-order valence-electron chi connectivity index (χ1n) is 6.14. The number of carbonyl (C=O) groups is 1. The van der Waals surface area contributed by atoms with E-state index in [1.165, 1.54) is 19.3 Å². The number of aromatic carboxylic acids is 1. The molecule has 2 saturated carbocycles. The molecule has 1 aromatic carbocycles. The quantitative estimate of drug-likeness (QED) is 0.786. The van der Waals surface area contributed by atoms with Crippen LogP contribution in [0, 0.1) is 11.3 Å². The molecule has 3 N–H and O–H groups in total. The number of carboxylic acid groups (broad SMARTS) is 1. The summed E-state index contributed by atoms with van der Waals surface area (Å²) in [6.45, 7) is 2.33. The van der Waals surface area contributed by atoms with Crippen LogP contribution < -0.4 is 5.73 Å². The lowest BCUT2D eigenvalue weighted by Crippen LogP contribution is -2.03. The Morgan fingerprint density at radius 3 is 2.76 bits per heavy atom. The van der Waals surface area contributed by atoms with Crippen LogP contribution in [0.2, 0.25) is 0 Å². The molecular formula is C14H17NO2. The van der Waals surface area contributed by atoms with Gasteiger partial charge in [-0.2, -0.15) is 0 Å². The SMILES string of the molecule is CC1(C2CC2c2cc(C(=O)O)ccc2N)CC1. The van der Waals surface area contributed by atoms with Crippen LogP contribution in [0.25, 0.3) is 0 Å². The molecule has 2 atom stereocenters. The third-order valence-electron chi connectivity index (χ3n) is 4.46. The van der Waals surface area contributed by atoms with Crippen LogP contribution in [0.15, 0.2) is 18.2 Å². The number of benzene rings is 1. The van der Waals surface area contributed by atoms with E-state index in [4.69, 9.17) is 10.8 Å². The Morgan fingerprint density at radius 2 is 2.18 bits per heavy atom. The standard InChI is InChI=1S/C14H17NO2/c1-14(4-5-14)11-7-9(11)10-6-8(13(16)17)2-3-12(10)15/h2-3,6,9,11H,4-5,7,15H2,1H3,(H,16,17). The van der Waals surface area contributed by atoms with Crippen molar-refractivity contribution < 1.29 is 9.90 Å². The van der Waals surface area contributed by atoms with Gasteiger partial charge in [-0.1, -0.05) is 6.92 Å². The molecule has 0 radical (unpaired) electrons. The second-order valence-corrected chi connectivity index (χ2v) is 5.75. The number of carboxylic acids is 1. The summed E-state index contributed by atoms with van der Waals surface area (Å²) in [7, 11) is 0. The Labute approximate surface area is 101 Å². The molecule has 0 aromatic heterocycles. The van der Waals surface area contributed by atoms with Gasteiger partial charge in [0.1, 0.15) is 0 Å². The van der Waals surface area contributed by atoms with Gasteiger partial charge in [0.25, 0.3) is 0 Å². The molecule has 1 aromatic rings. The topological polar surface area (TPSA) is 63.3 Å². The first-order chi connectivity index (χ1) is 8.01. The molecule has 2 aliphatic carbocycles. The lowest BCUT2D eigenvalue weighted by atomic mass is 9.97. The number of rotatable bonds is 3. The van der Waals surface area contributed by atoms with Gasteiger partial charge in [-0.15, -0.1) is 0 Å². The summed E-state index contributed by atoms with van der Waals surface area (Å²) in [5, 5.41) is 9.00. The fourth-order valence-electron chi connectivity index (χ4n) is 2.91. The maximum atomic E-state index is 11.0. The Hall–Kier alpha value is -1.51. The summed E-state index contributed by atoms with van der Waals surface area (Å²) >= 11 is 0. The fourth-order valence-corrected chi connectivity index (χ4v) is 2.91. The van der Waals surface area contributed by atoms with E-state index in [2.05, 4.69) is 6.92 Å². The third-order valence-corrected chi connectivity index (χ3v) is 4.46. The van der Waals surface area contributed by atoms with Gasteiger partial charge in [0.2, 0.25) is 0 Å². The van der Waals surface area contributed by atoms with Gasteiger partial charge in [-0.25, -0.2) is 4.79 Å². The summed E-state index contributed by atoms with van der Waals surface area (Å²) in [4.78, 5) is 11.0. The maximum absolute atomic E-state index is 11.0. The Morgan fingerprint density at radius 1 is 1.47 bits per heavy atom. The molecule has 0 amide bonds. The minimum absolute atomic E-state index is 0.348. The van der Waals surface area contributed by atoms with Crippen molar-refractivity contribution in [2.75, 3.05) is 5.73 Å². The van der Waals surface area contributed by atoms with Crippen molar-refractivity contribution in [3.8, 4) is 0 Å². The van der Waals surface area contributed by atoms with Gasteiger partial charge in [0, 0.05) is 5.69 Å². The van der Waals surface area contributed by atoms with Crippen molar-refractivity contribution in [2.45, 2.75) is 32.1 Å². The Balaban J connectivity index is 1.88. The molecule has 2 aliphatic rings. The molecule has 0 aliphatic heterocycles. The highest BCUT2D eigenvalue weighted by Crippen LogP contribution is 2.67. The zero-order chi connectivity index (χ0) is 12.2. The van der Waals surface area contributed by atoms with E-state index < -0.39 is 5.97 Å². The lowest BCUT2D eigenvalue weighted by molar-refractivity contribution is 0.0697. The van der Waals surface area contributed by atoms with Crippen molar-refractivity contribution in [1.82, 2.24) is 0 Å². The molecule has 2 unspecified atom stereocenters. The number of nitrogen functional groups attached to an aromatic ring is 1. The molecule has 0 spiro atoms. The molecule has 0 heterocycles. The molecule has 0 saturated heterocycles. The van der Waals surface area contributed by atoms with Crippen molar-refractivity contribution in [2.24, 2.45) is 11.3 Å². The number of hydrogen-bond acceptors (Lipinski definition) is 2. The Kier molecular flexibility index (Phi) is 2.03. The van der Waals surface area contributed by atoms with Gasteiger partial charge in [-0.05, 0) is 60.3 Å². The second kappa shape index (κ2) is 3.25. The van der Waals surface area contributed by atoms with Crippen LogP contribution >= 0.6 is 0 Å². The van der Waals surface area contributed by atoms with Crippen LogP contribution in [0.5, 0.6) is 0 Å². The van der Waals surface area contributed by atoms with Crippen molar-refractivity contribution >= 4 is 11.7 Å². The summed E-state index contributed by atoms with van der Waals surface area (Å²) in [5.41, 5.74) is 8.61.